The zero-order chi connectivity index (χ0) is 25.7. The molecule has 2 aromatic carbocycles. The fourth-order valence-electron chi connectivity index (χ4n) is 5.31. The average molecular weight is 518 g/mol. The van der Waals surface area contributed by atoms with Gasteiger partial charge in [-0.1, -0.05) is 29.8 Å². The molecule has 9 heteroatoms. The van der Waals surface area contributed by atoms with Crippen LogP contribution in [0.4, 0.5) is 4.39 Å². The van der Waals surface area contributed by atoms with E-state index in [1.54, 1.807) is 64.3 Å². The Balaban J connectivity index is 1.27. The number of Topliss-reactive ketones (excluding diaryl/α,β-unsaturated/α-hetero) is 1. The van der Waals surface area contributed by atoms with Gasteiger partial charge in [-0.05, 0) is 36.4 Å². The van der Waals surface area contributed by atoms with Crippen molar-refractivity contribution >= 4 is 40.2 Å². The first-order valence-electron chi connectivity index (χ1n) is 11.9. The molecule has 186 valence electrons. The molecule has 4 heterocycles. The average Bonchev–Trinajstić information content (AvgIpc) is 3.38. The van der Waals surface area contributed by atoms with Gasteiger partial charge in [-0.2, -0.15) is 0 Å². The number of esters is 1. The molecule has 1 fully saturated rings. The summed E-state index contributed by atoms with van der Waals surface area (Å²) in [6, 6.07) is 14.5. The molecule has 0 aliphatic carbocycles. The van der Waals surface area contributed by atoms with Gasteiger partial charge in [0.05, 0.1) is 23.2 Å². The van der Waals surface area contributed by atoms with Crippen molar-refractivity contribution in [3.8, 4) is 0 Å². The summed E-state index contributed by atoms with van der Waals surface area (Å²) in [7, 11) is 0. The third-order valence-electron chi connectivity index (χ3n) is 7.18. The normalized spacial score (nSPS) is 16.2. The van der Waals surface area contributed by atoms with Crippen molar-refractivity contribution < 1.29 is 23.5 Å². The fraction of sp³-hybridized carbons (Fsp3) is 0.214. The minimum Gasteiger partial charge on any atom is -0.450 e. The molecule has 1 amide bonds. The SMILES string of the molecule is O=C(Cn1cc(C(=O)N2CCC3(CC2)OC(=O)c2cc(F)ccc23)c2ccc(Cl)cc21)c1ccccn1. The van der Waals surface area contributed by atoms with Crippen molar-refractivity contribution in [1.82, 2.24) is 14.5 Å². The van der Waals surface area contributed by atoms with Crippen LogP contribution in [0.3, 0.4) is 0 Å². The van der Waals surface area contributed by atoms with Crippen LogP contribution in [0.1, 0.15) is 49.6 Å². The lowest BCUT2D eigenvalue weighted by Gasteiger charge is -2.38. The van der Waals surface area contributed by atoms with Crippen molar-refractivity contribution in [3.63, 3.8) is 0 Å². The molecule has 1 spiro atoms. The summed E-state index contributed by atoms with van der Waals surface area (Å²) < 4.78 is 21.1. The summed E-state index contributed by atoms with van der Waals surface area (Å²) in [6.45, 7) is 0.722. The van der Waals surface area contributed by atoms with Crippen LogP contribution in [0, 0.1) is 5.82 Å². The van der Waals surface area contributed by atoms with E-state index in [1.807, 2.05) is 0 Å². The molecule has 0 atom stereocenters. The van der Waals surface area contributed by atoms with Crippen LogP contribution in [0.5, 0.6) is 0 Å². The van der Waals surface area contributed by atoms with Crippen LogP contribution >= 0.6 is 11.6 Å². The second kappa shape index (κ2) is 8.81. The number of fused-ring (bicyclic) bond motifs is 3. The fourth-order valence-corrected chi connectivity index (χ4v) is 5.48. The van der Waals surface area contributed by atoms with Crippen molar-refractivity contribution in [2.75, 3.05) is 13.1 Å². The zero-order valence-corrected chi connectivity index (χ0v) is 20.4. The second-order valence-electron chi connectivity index (χ2n) is 9.34. The largest absolute Gasteiger partial charge is 0.450 e. The Morgan fingerprint density at radius 3 is 2.65 bits per heavy atom. The smallest absolute Gasteiger partial charge is 0.339 e. The summed E-state index contributed by atoms with van der Waals surface area (Å²) in [4.78, 5) is 44.7. The minimum absolute atomic E-state index is 0.00748. The second-order valence-corrected chi connectivity index (χ2v) is 9.77. The maximum Gasteiger partial charge on any atom is 0.339 e. The van der Waals surface area contributed by atoms with Gasteiger partial charge in [0.2, 0.25) is 5.78 Å². The highest BCUT2D eigenvalue weighted by Crippen LogP contribution is 2.44. The number of nitrogens with zero attached hydrogens (tertiary/aromatic N) is 3. The number of pyridine rings is 1. The number of rotatable bonds is 4. The molecule has 7 nitrogen and oxygen atoms in total. The molecule has 0 N–H and O–H groups in total. The molecule has 2 aliphatic rings. The Morgan fingerprint density at radius 1 is 1.08 bits per heavy atom. The summed E-state index contributed by atoms with van der Waals surface area (Å²) in [6.07, 6.45) is 4.06. The van der Waals surface area contributed by atoms with Crippen LogP contribution < -0.4 is 0 Å². The molecular formula is C28H21ClFN3O4. The Hall–Kier alpha value is -4.04. The molecule has 4 aromatic rings. The van der Waals surface area contributed by atoms with Crippen LogP contribution in [0.2, 0.25) is 5.02 Å². The quantitative estimate of drug-likeness (QED) is 0.281. The van der Waals surface area contributed by atoms with Gasteiger partial charge < -0.3 is 14.2 Å². The van der Waals surface area contributed by atoms with Crippen molar-refractivity contribution in [1.29, 1.82) is 0 Å². The Bertz CT molecular complexity index is 1580. The molecular weight excluding hydrogens is 497 g/mol. The molecule has 0 unspecified atom stereocenters. The number of hydrogen-bond donors (Lipinski definition) is 0. The van der Waals surface area contributed by atoms with Crippen molar-refractivity contribution in [3.05, 3.63) is 100 Å². The van der Waals surface area contributed by atoms with E-state index >= 15 is 0 Å². The van der Waals surface area contributed by atoms with Gasteiger partial charge in [-0.3, -0.25) is 14.6 Å². The zero-order valence-electron chi connectivity index (χ0n) is 19.6. The Morgan fingerprint density at radius 2 is 1.89 bits per heavy atom. The van der Waals surface area contributed by atoms with E-state index in [9.17, 15) is 18.8 Å². The highest BCUT2D eigenvalue weighted by Gasteiger charge is 2.48. The molecule has 2 aromatic heterocycles. The van der Waals surface area contributed by atoms with E-state index in [4.69, 9.17) is 16.3 Å². The predicted octanol–water partition coefficient (Wildman–Crippen LogP) is 5.01. The molecule has 0 radical (unpaired) electrons. The van der Waals surface area contributed by atoms with E-state index in [-0.39, 0.29) is 23.8 Å². The first kappa shape index (κ1) is 23.4. The number of aromatic nitrogens is 2. The number of carbonyl (C=O) groups is 3. The van der Waals surface area contributed by atoms with Gasteiger partial charge in [-0.25, -0.2) is 9.18 Å². The number of ether oxygens (including phenoxy) is 1. The van der Waals surface area contributed by atoms with E-state index in [2.05, 4.69) is 4.98 Å². The molecule has 0 saturated carbocycles. The maximum absolute atomic E-state index is 13.7. The third-order valence-corrected chi connectivity index (χ3v) is 7.41. The summed E-state index contributed by atoms with van der Waals surface area (Å²) >= 11 is 6.24. The monoisotopic (exact) mass is 517 g/mol. The van der Waals surface area contributed by atoms with Crippen LogP contribution in [-0.2, 0) is 16.9 Å². The summed E-state index contributed by atoms with van der Waals surface area (Å²) in [5.74, 6) is -1.39. The number of benzene rings is 2. The van der Waals surface area contributed by atoms with E-state index in [0.29, 0.717) is 58.7 Å². The summed E-state index contributed by atoms with van der Waals surface area (Å²) in [5.41, 5.74) is 1.54. The van der Waals surface area contributed by atoms with Gasteiger partial charge in [-0.15, -0.1) is 0 Å². The Labute approximate surface area is 216 Å². The van der Waals surface area contributed by atoms with Gasteiger partial charge in [0.15, 0.2) is 0 Å². The third kappa shape index (κ3) is 3.97. The van der Waals surface area contributed by atoms with E-state index in [1.165, 1.54) is 12.1 Å². The van der Waals surface area contributed by atoms with Gasteiger partial charge in [0.25, 0.3) is 5.91 Å². The number of hydrogen-bond acceptors (Lipinski definition) is 5. The lowest BCUT2D eigenvalue weighted by Crippen LogP contribution is -2.45. The predicted molar refractivity (Wildman–Crippen MR) is 134 cm³/mol. The molecule has 1 saturated heterocycles. The van der Waals surface area contributed by atoms with E-state index < -0.39 is 17.4 Å². The van der Waals surface area contributed by atoms with Crippen LogP contribution in [-0.4, -0.2) is 45.2 Å². The number of ketones is 1. The minimum atomic E-state index is -0.854. The lowest BCUT2D eigenvalue weighted by molar-refractivity contribution is -0.0389. The van der Waals surface area contributed by atoms with Crippen molar-refractivity contribution in [2.24, 2.45) is 0 Å². The first-order valence-corrected chi connectivity index (χ1v) is 12.3. The number of halogens is 2. The maximum atomic E-state index is 13.7. The van der Waals surface area contributed by atoms with Gasteiger partial charge in [0.1, 0.15) is 17.1 Å². The molecule has 37 heavy (non-hydrogen) atoms. The molecule has 0 bridgehead atoms. The summed E-state index contributed by atoms with van der Waals surface area (Å²) in [5, 5.41) is 1.19. The number of piperidine rings is 1. The highest BCUT2D eigenvalue weighted by atomic mass is 35.5. The number of amides is 1. The van der Waals surface area contributed by atoms with Gasteiger partial charge in [0, 0.05) is 54.3 Å². The number of likely N-dealkylation sites (tertiary alicyclic amines) is 1. The molecule has 6 rings (SSSR count). The first-order chi connectivity index (χ1) is 17.8. The van der Waals surface area contributed by atoms with Crippen LogP contribution in [0.15, 0.2) is 67.0 Å². The standard InChI is InChI=1S/C28H21ClFN3O4/c29-17-4-6-19-21(15-33(24(19)13-17)16-25(34)23-3-1-2-10-31-23)26(35)32-11-8-28(9-12-32)22-7-5-18(30)14-20(22)27(36)37-28/h1-7,10,13-15H,8-9,11-12,16H2. The van der Waals surface area contributed by atoms with E-state index in [0.717, 1.165) is 0 Å². The number of carbonyl (C=O) groups excluding carboxylic acids is 3. The Kier molecular flexibility index (Phi) is 5.56. The topological polar surface area (TPSA) is 81.5 Å². The van der Waals surface area contributed by atoms with Crippen LogP contribution in [0.25, 0.3) is 10.9 Å². The van der Waals surface area contributed by atoms with Gasteiger partial charge >= 0.3 is 5.97 Å². The van der Waals surface area contributed by atoms with Crippen molar-refractivity contribution in [2.45, 2.75) is 25.0 Å². The highest BCUT2D eigenvalue weighted by molar-refractivity contribution is 6.31. The molecule has 2 aliphatic heterocycles. The lowest BCUT2D eigenvalue weighted by atomic mass is 9.83.